The number of amides is 1. The van der Waals surface area contributed by atoms with Crippen molar-refractivity contribution in [3.05, 3.63) is 53.9 Å². The van der Waals surface area contributed by atoms with Crippen LogP contribution >= 0.6 is 11.3 Å². The van der Waals surface area contributed by atoms with Crippen molar-refractivity contribution >= 4 is 23.1 Å². The summed E-state index contributed by atoms with van der Waals surface area (Å²) >= 11 is 1.64. The Balaban J connectivity index is 1.94. The topological polar surface area (TPSA) is 46.9 Å². The van der Waals surface area contributed by atoms with Crippen LogP contribution in [0.4, 0.5) is 5.82 Å². The molecule has 0 fully saturated rings. The number of hydrogen-bond acceptors (Lipinski definition) is 3. The first kappa shape index (κ1) is 15.5. The number of nitrogens with zero attached hydrogens (tertiary/aromatic N) is 2. The number of benzene rings is 1. The maximum atomic E-state index is 12.1. The number of hydrogen-bond donors (Lipinski definition) is 1. The highest BCUT2D eigenvalue weighted by atomic mass is 32.1. The second kappa shape index (κ2) is 7.24. The lowest BCUT2D eigenvalue weighted by Crippen LogP contribution is -2.14. The normalized spacial score (nSPS) is 10.7. The van der Waals surface area contributed by atoms with Gasteiger partial charge in [0.2, 0.25) is 5.91 Å². The van der Waals surface area contributed by atoms with Gasteiger partial charge in [-0.2, -0.15) is 5.10 Å². The van der Waals surface area contributed by atoms with E-state index in [-0.39, 0.29) is 5.91 Å². The summed E-state index contributed by atoms with van der Waals surface area (Å²) < 4.78 is 1.79. The summed E-state index contributed by atoms with van der Waals surface area (Å²) in [5.74, 6) is 0.738. The van der Waals surface area contributed by atoms with Crippen molar-refractivity contribution in [3.8, 4) is 16.3 Å². The van der Waals surface area contributed by atoms with Crippen molar-refractivity contribution in [2.75, 3.05) is 5.32 Å². The van der Waals surface area contributed by atoms with Gasteiger partial charge in [0, 0.05) is 12.5 Å². The van der Waals surface area contributed by atoms with Crippen LogP contribution in [0.3, 0.4) is 0 Å². The molecule has 0 unspecified atom stereocenters. The second-order valence-electron chi connectivity index (χ2n) is 5.29. The predicted octanol–water partition coefficient (Wildman–Crippen LogP) is 4.73. The fraction of sp³-hybridized carbons (Fsp3) is 0.222. The van der Waals surface area contributed by atoms with Crippen LogP contribution in [0.5, 0.6) is 0 Å². The molecule has 0 aliphatic heterocycles. The number of aromatic nitrogens is 2. The molecule has 2 aromatic heterocycles. The van der Waals surface area contributed by atoms with Gasteiger partial charge in [-0.05, 0) is 30.0 Å². The molecule has 0 spiro atoms. The molecule has 0 saturated heterocycles. The lowest BCUT2D eigenvalue weighted by atomic mass is 10.2. The first-order chi connectivity index (χ1) is 11.3. The zero-order valence-electron chi connectivity index (χ0n) is 13.0. The van der Waals surface area contributed by atoms with Gasteiger partial charge in [-0.15, -0.1) is 11.3 Å². The number of rotatable bonds is 6. The van der Waals surface area contributed by atoms with Crippen LogP contribution in [0.15, 0.2) is 53.9 Å². The minimum Gasteiger partial charge on any atom is -0.311 e. The Kier molecular flexibility index (Phi) is 4.88. The number of thiophene rings is 1. The van der Waals surface area contributed by atoms with Crippen molar-refractivity contribution in [3.63, 3.8) is 0 Å². The molecule has 5 heteroatoms. The van der Waals surface area contributed by atoms with E-state index < -0.39 is 0 Å². The Labute approximate surface area is 139 Å². The molecule has 3 aromatic rings. The summed E-state index contributed by atoms with van der Waals surface area (Å²) in [6.07, 6.45) is 2.43. The SMILES string of the molecule is CCCCC(=O)Nc1cc(-c2cccs2)nn1-c1ccccc1. The first-order valence-electron chi connectivity index (χ1n) is 7.77. The Morgan fingerprint density at radius 3 is 2.74 bits per heavy atom. The van der Waals surface area contributed by atoms with Crippen LogP contribution in [0, 0.1) is 0 Å². The molecule has 0 aliphatic rings. The van der Waals surface area contributed by atoms with E-state index in [1.165, 1.54) is 0 Å². The van der Waals surface area contributed by atoms with Gasteiger partial charge in [-0.3, -0.25) is 4.79 Å². The molecule has 2 heterocycles. The summed E-state index contributed by atoms with van der Waals surface area (Å²) in [6.45, 7) is 2.08. The van der Waals surface area contributed by atoms with E-state index in [0.717, 1.165) is 29.1 Å². The summed E-state index contributed by atoms with van der Waals surface area (Å²) in [6, 6.07) is 15.8. The maximum absolute atomic E-state index is 12.1. The summed E-state index contributed by atoms with van der Waals surface area (Å²) in [5, 5.41) is 9.69. The Bertz CT molecular complexity index is 763. The molecule has 4 nitrogen and oxygen atoms in total. The van der Waals surface area contributed by atoms with Crippen molar-refractivity contribution < 1.29 is 4.79 Å². The van der Waals surface area contributed by atoms with Gasteiger partial charge < -0.3 is 5.32 Å². The molecular formula is C18H19N3OS. The quantitative estimate of drug-likeness (QED) is 0.712. The monoisotopic (exact) mass is 325 g/mol. The lowest BCUT2D eigenvalue weighted by molar-refractivity contribution is -0.116. The van der Waals surface area contributed by atoms with E-state index in [9.17, 15) is 4.79 Å². The highest BCUT2D eigenvalue weighted by molar-refractivity contribution is 7.13. The molecule has 3 rings (SSSR count). The van der Waals surface area contributed by atoms with Crippen LogP contribution in [0.1, 0.15) is 26.2 Å². The maximum Gasteiger partial charge on any atom is 0.225 e. The van der Waals surface area contributed by atoms with E-state index in [1.807, 2.05) is 53.9 Å². The summed E-state index contributed by atoms with van der Waals surface area (Å²) in [5.41, 5.74) is 1.80. The molecule has 1 aromatic carbocycles. The van der Waals surface area contributed by atoms with Crippen LogP contribution < -0.4 is 5.32 Å². The van der Waals surface area contributed by atoms with E-state index in [4.69, 9.17) is 0 Å². The number of anilines is 1. The van der Waals surface area contributed by atoms with Gasteiger partial charge in [0.25, 0.3) is 0 Å². The minimum absolute atomic E-state index is 0.0293. The molecular weight excluding hydrogens is 306 g/mol. The first-order valence-corrected chi connectivity index (χ1v) is 8.65. The third kappa shape index (κ3) is 3.68. The van der Waals surface area contributed by atoms with Crippen LogP contribution in [0.2, 0.25) is 0 Å². The van der Waals surface area contributed by atoms with Gasteiger partial charge in [0.1, 0.15) is 11.5 Å². The molecule has 0 bridgehead atoms. The standard InChI is InChI=1S/C18H19N3OS/c1-2-3-11-18(22)19-17-13-15(16-10-7-12-23-16)20-21(17)14-8-5-4-6-9-14/h4-10,12-13H,2-3,11H2,1H3,(H,19,22). The van der Waals surface area contributed by atoms with Crippen molar-refractivity contribution in [2.45, 2.75) is 26.2 Å². The van der Waals surface area contributed by atoms with Crippen molar-refractivity contribution in [1.82, 2.24) is 9.78 Å². The van der Waals surface area contributed by atoms with E-state index in [2.05, 4.69) is 17.3 Å². The lowest BCUT2D eigenvalue weighted by Gasteiger charge is -2.08. The zero-order valence-corrected chi connectivity index (χ0v) is 13.8. The number of carbonyl (C=O) groups excluding carboxylic acids is 1. The molecule has 23 heavy (non-hydrogen) atoms. The fourth-order valence-electron chi connectivity index (χ4n) is 2.32. The third-order valence-electron chi connectivity index (χ3n) is 3.51. The van der Waals surface area contributed by atoms with Gasteiger partial charge >= 0.3 is 0 Å². The smallest absolute Gasteiger partial charge is 0.225 e. The average Bonchev–Trinajstić information content (AvgIpc) is 3.23. The fourth-order valence-corrected chi connectivity index (χ4v) is 3.00. The molecule has 1 N–H and O–H groups in total. The van der Waals surface area contributed by atoms with Gasteiger partial charge in [-0.25, -0.2) is 4.68 Å². The number of unbranched alkanes of at least 4 members (excludes halogenated alkanes) is 1. The van der Waals surface area contributed by atoms with Gasteiger partial charge in [0.15, 0.2) is 0 Å². The number of para-hydroxylation sites is 1. The van der Waals surface area contributed by atoms with Crippen molar-refractivity contribution in [1.29, 1.82) is 0 Å². The van der Waals surface area contributed by atoms with Gasteiger partial charge in [0.05, 0.1) is 10.6 Å². The highest BCUT2D eigenvalue weighted by Crippen LogP contribution is 2.28. The molecule has 0 saturated carbocycles. The Morgan fingerprint density at radius 2 is 2.04 bits per heavy atom. The second-order valence-corrected chi connectivity index (χ2v) is 6.24. The molecule has 0 radical (unpaired) electrons. The zero-order chi connectivity index (χ0) is 16.1. The van der Waals surface area contributed by atoms with Gasteiger partial charge in [-0.1, -0.05) is 37.6 Å². The minimum atomic E-state index is 0.0293. The van der Waals surface area contributed by atoms with Crippen LogP contribution in [-0.2, 0) is 4.79 Å². The average molecular weight is 325 g/mol. The number of carbonyl (C=O) groups is 1. The van der Waals surface area contributed by atoms with E-state index in [1.54, 1.807) is 16.0 Å². The number of nitrogens with one attached hydrogen (secondary N) is 1. The molecule has 1 amide bonds. The summed E-state index contributed by atoms with van der Waals surface area (Å²) in [4.78, 5) is 13.2. The third-order valence-corrected chi connectivity index (χ3v) is 4.40. The van der Waals surface area contributed by atoms with E-state index >= 15 is 0 Å². The molecule has 0 aliphatic carbocycles. The summed E-state index contributed by atoms with van der Waals surface area (Å²) in [7, 11) is 0. The highest BCUT2D eigenvalue weighted by Gasteiger charge is 2.13. The Morgan fingerprint density at radius 1 is 1.22 bits per heavy atom. The predicted molar refractivity (Wildman–Crippen MR) is 95.0 cm³/mol. The van der Waals surface area contributed by atoms with Crippen LogP contribution in [0.25, 0.3) is 16.3 Å². The van der Waals surface area contributed by atoms with E-state index in [0.29, 0.717) is 12.2 Å². The molecule has 0 atom stereocenters. The van der Waals surface area contributed by atoms with Crippen LogP contribution in [-0.4, -0.2) is 15.7 Å². The van der Waals surface area contributed by atoms with Crippen molar-refractivity contribution in [2.24, 2.45) is 0 Å². The molecule has 118 valence electrons. The largest absolute Gasteiger partial charge is 0.311 e. The Hall–Kier alpha value is -2.40.